The number of primary amides is 1. The first-order chi connectivity index (χ1) is 12.8. The molecule has 1 aliphatic heterocycles. The number of carbonyl (C=O) groups is 1. The topological polar surface area (TPSA) is 141 Å². The van der Waals surface area contributed by atoms with Crippen LogP contribution < -0.4 is 10.8 Å². The Labute approximate surface area is 168 Å². The van der Waals surface area contributed by atoms with Gasteiger partial charge in [0.2, 0.25) is 5.82 Å². The Kier molecular flexibility index (Phi) is 10.8. The molecule has 0 spiro atoms. The lowest BCUT2D eigenvalue weighted by Gasteiger charge is -2.33. The highest BCUT2D eigenvalue weighted by molar-refractivity contribution is 7.54. The molecule has 2 heterocycles. The highest BCUT2D eigenvalue weighted by Crippen LogP contribution is 2.48. The zero-order valence-corrected chi connectivity index (χ0v) is 17.7. The molecular formula is C13H25Cl2N8O3P. The molecule has 1 amide bonds. The summed E-state index contributed by atoms with van der Waals surface area (Å²) in [4.78, 5) is 17.1. The first-order valence-electron chi connectivity index (χ1n) is 8.13. The van der Waals surface area contributed by atoms with Crippen LogP contribution in [0.5, 0.6) is 0 Å². The summed E-state index contributed by atoms with van der Waals surface area (Å²) in [5.74, 6) is 0.434. The van der Waals surface area contributed by atoms with Gasteiger partial charge in [-0.25, -0.2) is 14.7 Å². The average molecular weight is 443 g/mol. The van der Waals surface area contributed by atoms with Gasteiger partial charge in [-0.2, -0.15) is 0 Å². The van der Waals surface area contributed by atoms with Gasteiger partial charge >= 0.3 is 7.67 Å². The molecule has 1 fully saturated rings. The van der Waals surface area contributed by atoms with Crippen LogP contribution in [0.3, 0.4) is 0 Å². The molecule has 0 saturated carbocycles. The van der Waals surface area contributed by atoms with E-state index in [-0.39, 0.29) is 11.5 Å². The monoisotopic (exact) mass is 442 g/mol. The van der Waals surface area contributed by atoms with E-state index in [0.717, 1.165) is 13.0 Å². The maximum Gasteiger partial charge on any atom is 0.343 e. The number of aromatic amines is 1. The van der Waals surface area contributed by atoms with Crippen molar-refractivity contribution in [3.8, 4) is 0 Å². The van der Waals surface area contributed by atoms with Gasteiger partial charge in [-0.15, -0.1) is 28.3 Å². The Bertz CT molecular complexity index is 641. The van der Waals surface area contributed by atoms with Crippen molar-refractivity contribution in [3.63, 3.8) is 0 Å². The molecule has 4 N–H and O–H groups in total. The number of H-pyrrole nitrogens is 1. The van der Waals surface area contributed by atoms with Crippen molar-refractivity contribution in [2.75, 3.05) is 52.1 Å². The summed E-state index contributed by atoms with van der Waals surface area (Å²) in [7, 11) is 0.575. The van der Waals surface area contributed by atoms with Crippen LogP contribution in [0.4, 0.5) is 5.82 Å². The number of nitrogens with zero attached hydrogens (tertiary/aromatic N) is 5. The molecule has 1 aromatic heterocycles. The van der Waals surface area contributed by atoms with Crippen molar-refractivity contribution < 1.29 is 13.9 Å². The molecule has 11 nitrogen and oxygen atoms in total. The fourth-order valence-electron chi connectivity index (χ4n) is 1.95. The minimum Gasteiger partial charge on any atom is -0.364 e. The Morgan fingerprint density at radius 1 is 1.41 bits per heavy atom. The predicted octanol–water partition coefficient (Wildman–Crippen LogP) is 1.95. The molecule has 0 bridgehead atoms. The zero-order chi connectivity index (χ0) is 20.3. The zero-order valence-electron chi connectivity index (χ0n) is 15.3. The van der Waals surface area contributed by atoms with Crippen molar-refractivity contribution in [1.82, 2.24) is 24.7 Å². The Morgan fingerprint density at radius 2 is 2.07 bits per heavy atom. The van der Waals surface area contributed by atoms with Gasteiger partial charge in [0.1, 0.15) is 0 Å². The van der Waals surface area contributed by atoms with Crippen LogP contribution in [0, 0.1) is 0 Å². The van der Waals surface area contributed by atoms with Crippen LogP contribution in [0.25, 0.3) is 0 Å². The third-order valence-electron chi connectivity index (χ3n) is 3.14. The normalized spacial score (nSPS) is 19.7. The van der Waals surface area contributed by atoms with Gasteiger partial charge in [0.05, 0.1) is 12.9 Å². The van der Waals surface area contributed by atoms with Crippen molar-refractivity contribution in [2.24, 2.45) is 16.1 Å². The summed E-state index contributed by atoms with van der Waals surface area (Å²) in [6.07, 6.45) is 2.23. The minimum atomic E-state index is -2.84. The van der Waals surface area contributed by atoms with E-state index >= 15 is 0 Å². The molecule has 154 valence electrons. The molecular weight excluding hydrogens is 418 g/mol. The number of hydrogen-bond acceptors (Lipinski definition) is 6. The van der Waals surface area contributed by atoms with Crippen LogP contribution in [0.1, 0.15) is 16.9 Å². The summed E-state index contributed by atoms with van der Waals surface area (Å²) in [5, 5.41) is 11.8. The largest absolute Gasteiger partial charge is 0.364 e. The van der Waals surface area contributed by atoms with Crippen LogP contribution in [-0.2, 0) is 9.09 Å². The summed E-state index contributed by atoms with van der Waals surface area (Å²) < 4.78 is 19.2. The van der Waals surface area contributed by atoms with E-state index in [9.17, 15) is 9.36 Å². The Morgan fingerprint density at radius 3 is 2.56 bits per heavy atom. The number of rotatable bonds is 8. The maximum atomic E-state index is 12.2. The highest BCUT2D eigenvalue weighted by Gasteiger charge is 2.32. The first kappa shape index (κ1) is 23.8. The lowest BCUT2D eigenvalue weighted by atomic mass is 10.4. The molecule has 14 heteroatoms. The number of nitrogens with one attached hydrogen (secondary N) is 2. The number of carbonyl (C=O) groups excluding carboxylic acids is 1. The SMILES string of the molecule is CN(C)N=Nc1nc[nH]c1C(N)=O.O=P1(N(CCCl)CCCl)NCCCO1. The van der Waals surface area contributed by atoms with E-state index in [4.69, 9.17) is 33.5 Å². The van der Waals surface area contributed by atoms with Gasteiger partial charge in [0.15, 0.2) is 5.69 Å². The number of aromatic nitrogens is 2. The van der Waals surface area contributed by atoms with Gasteiger partial charge < -0.3 is 15.2 Å². The predicted molar refractivity (Wildman–Crippen MR) is 104 cm³/mol. The highest BCUT2D eigenvalue weighted by atomic mass is 35.5. The summed E-state index contributed by atoms with van der Waals surface area (Å²) >= 11 is 11.2. The average Bonchev–Trinajstić information content (AvgIpc) is 3.10. The smallest absolute Gasteiger partial charge is 0.343 e. The second-order valence-corrected chi connectivity index (χ2v) is 8.39. The number of halogens is 2. The van der Waals surface area contributed by atoms with Gasteiger partial charge in [-0.05, 0) is 6.42 Å². The summed E-state index contributed by atoms with van der Waals surface area (Å²) in [6, 6.07) is 0. The van der Waals surface area contributed by atoms with Gasteiger partial charge in [0, 0.05) is 45.5 Å². The van der Waals surface area contributed by atoms with Crippen LogP contribution in [0.2, 0.25) is 0 Å². The number of nitrogens with two attached hydrogens (primary N) is 1. The van der Waals surface area contributed by atoms with Gasteiger partial charge in [0.25, 0.3) is 5.91 Å². The second-order valence-electron chi connectivity index (χ2n) is 5.45. The van der Waals surface area contributed by atoms with E-state index < -0.39 is 13.6 Å². The molecule has 27 heavy (non-hydrogen) atoms. The summed E-state index contributed by atoms with van der Waals surface area (Å²) in [5.41, 5.74) is 5.20. The fourth-order valence-corrected chi connectivity index (χ4v) is 4.60. The Balaban J connectivity index is 0.000000271. The van der Waals surface area contributed by atoms with E-state index in [1.54, 1.807) is 18.8 Å². The third kappa shape index (κ3) is 8.12. The summed E-state index contributed by atoms with van der Waals surface area (Å²) in [6.45, 7) is 2.31. The molecule has 2 rings (SSSR count). The number of amides is 1. The van der Waals surface area contributed by atoms with E-state index in [2.05, 4.69) is 25.4 Å². The Hall–Kier alpha value is -1.23. The minimum absolute atomic E-state index is 0.158. The maximum absolute atomic E-state index is 12.2. The molecule has 0 aromatic carbocycles. The van der Waals surface area contributed by atoms with Gasteiger partial charge in [-0.1, -0.05) is 5.22 Å². The van der Waals surface area contributed by atoms with E-state index in [1.807, 2.05) is 0 Å². The molecule has 1 aliphatic rings. The van der Waals surface area contributed by atoms with Crippen LogP contribution >= 0.6 is 30.9 Å². The molecule has 1 saturated heterocycles. The lowest BCUT2D eigenvalue weighted by molar-refractivity contribution is 0.0996. The number of hydrogen-bond donors (Lipinski definition) is 3. The molecule has 0 radical (unpaired) electrons. The van der Waals surface area contributed by atoms with Crippen molar-refractivity contribution >= 4 is 42.6 Å². The quantitative estimate of drug-likeness (QED) is 0.241. The fraction of sp³-hybridized carbons (Fsp3) is 0.692. The van der Waals surface area contributed by atoms with E-state index in [0.29, 0.717) is 31.5 Å². The number of imidazole rings is 1. The molecule has 1 atom stereocenters. The molecule has 0 aliphatic carbocycles. The van der Waals surface area contributed by atoms with Crippen LogP contribution in [-0.4, -0.2) is 77.7 Å². The van der Waals surface area contributed by atoms with Crippen molar-refractivity contribution in [3.05, 3.63) is 12.0 Å². The van der Waals surface area contributed by atoms with Crippen molar-refractivity contribution in [1.29, 1.82) is 0 Å². The molecule has 1 aromatic rings. The van der Waals surface area contributed by atoms with Gasteiger partial charge in [-0.3, -0.25) is 14.4 Å². The molecule has 1 unspecified atom stereocenters. The van der Waals surface area contributed by atoms with Crippen LogP contribution in [0.15, 0.2) is 16.7 Å². The third-order valence-corrected chi connectivity index (χ3v) is 5.78. The van der Waals surface area contributed by atoms with E-state index in [1.165, 1.54) is 11.3 Å². The number of alkyl halides is 2. The van der Waals surface area contributed by atoms with Crippen molar-refractivity contribution in [2.45, 2.75) is 6.42 Å². The standard InChI is InChI=1S/C7H15Cl2N2O2P.C6H10N6O/c8-2-5-11(6-3-9)14(12)10-4-1-7-13-14;1-12(2)11-10-6-4(5(7)13)8-3-9-6/h1-7H2,(H,10,12);3H,1-2H3,(H2,7,13)(H,8,9). The first-order valence-corrected chi connectivity index (χ1v) is 10.8. The second kappa shape index (κ2) is 12.3. The lowest BCUT2D eigenvalue weighted by Crippen LogP contribution is -2.35.